The first-order valence-electron chi connectivity index (χ1n) is 7.37. The van der Waals surface area contributed by atoms with Crippen molar-refractivity contribution in [3.63, 3.8) is 0 Å². The second-order valence-electron chi connectivity index (χ2n) is 5.34. The van der Waals surface area contributed by atoms with Crippen molar-refractivity contribution in [2.45, 2.75) is 77.0 Å². The fraction of sp³-hybridized carbons (Fsp3) is 0.929. The minimum Gasteiger partial charge on any atom is -0.392 e. The van der Waals surface area contributed by atoms with Crippen molar-refractivity contribution >= 4 is 5.91 Å². The topological polar surface area (TPSA) is 61.4 Å². The number of aliphatic hydroxyl groups is 1. The molecule has 3 N–H and O–H groups in total. The van der Waals surface area contributed by atoms with Crippen LogP contribution in [-0.2, 0) is 4.79 Å². The standard InChI is InChI=1S/C14H28N2O2/c1-3-4-7-10-15-14(18)11(2)16-12-8-5-6-9-13(12)17/h11-13,16-17H,3-10H2,1-2H3,(H,15,18). The summed E-state index contributed by atoms with van der Waals surface area (Å²) in [5.74, 6) is 0.0453. The minimum absolute atomic E-state index is 0.0453. The predicted molar refractivity (Wildman–Crippen MR) is 73.4 cm³/mol. The molecule has 1 aliphatic carbocycles. The van der Waals surface area contributed by atoms with E-state index in [2.05, 4.69) is 17.6 Å². The number of aliphatic hydroxyl groups excluding tert-OH is 1. The van der Waals surface area contributed by atoms with Crippen LogP contribution < -0.4 is 10.6 Å². The van der Waals surface area contributed by atoms with Crippen LogP contribution in [0.25, 0.3) is 0 Å². The predicted octanol–water partition coefficient (Wildman–Crippen LogP) is 1.57. The third kappa shape index (κ3) is 5.36. The van der Waals surface area contributed by atoms with Crippen LogP contribution in [0.15, 0.2) is 0 Å². The Hall–Kier alpha value is -0.610. The van der Waals surface area contributed by atoms with E-state index < -0.39 is 0 Å². The lowest BCUT2D eigenvalue weighted by Gasteiger charge is -2.30. The molecule has 1 saturated carbocycles. The van der Waals surface area contributed by atoms with Gasteiger partial charge in [0.2, 0.25) is 5.91 Å². The Bertz CT molecular complexity index is 246. The van der Waals surface area contributed by atoms with Crippen LogP contribution >= 0.6 is 0 Å². The van der Waals surface area contributed by atoms with E-state index in [0.29, 0.717) is 0 Å². The van der Waals surface area contributed by atoms with Gasteiger partial charge in [0.25, 0.3) is 0 Å². The van der Waals surface area contributed by atoms with Crippen molar-refractivity contribution in [2.24, 2.45) is 0 Å². The molecule has 3 atom stereocenters. The summed E-state index contributed by atoms with van der Waals surface area (Å²) < 4.78 is 0. The summed E-state index contributed by atoms with van der Waals surface area (Å²) in [4.78, 5) is 11.8. The zero-order valence-electron chi connectivity index (χ0n) is 11.7. The number of hydrogen-bond donors (Lipinski definition) is 3. The van der Waals surface area contributed by atoms with E-state index in [1.165, 1.54) is 0 Å². The number of carbonyl (C=O) groups is 1. The van der Waals surface area contributed by atoms with Crippen molar-refractivity contribution in [1.29, 1.82) is 0 Å². The van der Waals surface area contributed by atoms with Crippen LogP contribution in [-0.4, -0.2) is 35.7 Å². The molecule has 1 aliphatic rings. The average molecular weight is 256 g/mol. The average Bonchev–Trinajstić information content (AvgIpc) is 2.37. The van der Waals surface area contributed by atoms with Crippen LogP contribution in [0.4, 0.5) is 0 Å². The molecule has 0 radical (unpaired) electrons. The molecule has 0 saturated heterocycles. The summed E-state index contributed by atoms with van der Waals surface area (Å²) in [6.07, 6.45) is 7.12. The Kier molecular flexibility index (Phi) is 7.28. The number of rotatable bonds is 7. The zero-order chi connectivity index (χ0) is 13.4. The molecule has 0 aromatic carbocycles. The van der Waals surface area contributed by atoms with E-state index in [1.54, 1.807) is 0 Å². The maximum atomic E-state index is 11.8. The first kappa shape index (κ1) is 15.4. The van der Waals surface area contributed by atoms with E-state index in [-0.39, 0.29) is 24.1 Å². The lowest BCUT2D eigenvalue weighted by molar-refractivity contribution is -0.123. The molecule has 0 bridgehead atoms. The Balaban J connectivity index is 2.21. The summed E-state index contributed by atoms with van der Waals surface area (Å²) in [5, 5.41) is 16.0. The Labute approximate surface area is 111 Å². The Morgan fingerprint density at radius 1 is 1.33 bits per heavy atom. The van der Waals surface area contributed by atoms with E-state index in [1.807, 2.05) is 6.92 Å². The van der Waals surface area contributed by atoms with Crippen molar-refractivity contribution in [3.8, 4) is 0 Å². The molecule has 0 spiro atoms. The van der Waals surface area contributed by atoms with Gasteiger partial charge in [-0.2, -0.15) is 0 Å². The molecule has 0 aromatic heterocycles. The maximum absolute atomic E-state index is 11.8. The highest BCUT2D eigenvalue weighted by atomic mass is 16.3. The zero-order valence-corrected chi connectivity index (χ0v) is 11.7. The first-order valence-corrected chi connectivity index (χ1v) is 7.37. The normalized spacial score (nSPS) is 25.7. The minimum atomic E-state index is -0.297. The summed E-state index contributed by atoms with van der Waals surface area (Å²) in [6, 6.07) is -0.139. The van der Waals surface area contributed by atoms with Crippen molar-refractivity contribution < 1.29 is 9.90 Å². The molecule has 4 heteroatoms. The molecule has 3 unspecified atom stereocenters. The van der Waals surface area contributed by atoms with E-state index in [9.17, 15) is 9.90 Å². The van der Waals surface area contributed by atoms with Gasteiger partial charge in [0.15, 0.2) is 0 Å². The smallest absolute Gasteiger partial charge is 0.236 e. The van der Waals surface area contributed by atoms with Gasteiger partial charge >= 0.3 is 0 Å². The third-order valence-corrected chi connectivity index (χ3v) is 3.67. The lowest BCUT2D eigenvalue weighted by atomic mass is 9.92. The fourth-order valence-corrected chi connectivity index (χ4v) is 2.44. The highest BCUT2D eigenvalue weighted by molar-refractivity contribution is 5.81. The van der Waals surface area contributed by atoms with Crippen LogP contribution in [0.3, 0.4) is 0 Å². The van der Waals surface area contributed by atoms with Gasteiger partial charge in [0.1, 0.15) is 0 Å². The second kappa shape index (κ2) is 8.48. The molecular weight excluding hydrogens is 228 g/mol. The van der Waals surface area contributed by atoms with Gasteiger partial charge < -0.3 is 15.7 Å². The summed E-state index contributed by atoms with van der Waals surface area (Å²) >= 11 is 0. The molecule has 106 valence electrons. The molecule has 1 amide bonds. The van der Waals surface area contributed by atoms with Gasteiger partial charge in [-0.1, -0.05) is 32.6 Å². The summed E-state index contributed by atoms with van der Waals surface area (Å²) in [7, 11) is 0. The third-order valence-electron chi connectivity index (χ3n) is 3.67. The molecule has 0 aromatic rings. The first-order chi connectivity index (χ1) is 8.65. The molecule has 1 fully saturated rings. The number of carbonyl (C=O) groups excluding carboxylic acids is 1. The van der Waals surface area contributed by atoms with Crippen molar-refractivity contribution in [3.05, 3.63) is 0 Å². The van der Waals surface area contributed by atoms with Crippen molar-refractivity contribution in [2.75, 3.05) is 6.54 Å². The van der Waals surface area contributed by atoms with Crippen molar-refractivity contribution in [1.82, 2.24) is 10.6 Å². The van der Waals surface area contributed by atoms with E-state index >= 15 is 0 Å². The molecule has 18 heavy (non-hydrogen) atoms. The summed E-state index contributed by atoms with van der Waals surface area (Å²) in [5.41, 5.74) is 0. The van der Waals surface area contributed by atoms with Crippen LogP contribution in [0.1, 0.15) is 58.8 Å². The molecule has 1 rings (SSSR count). The number of unbranched alkanes of at least 4 members (excludes halogenated alkanes) is 2. The van der Waals surface area contributed by atoms with Crippen LogP contribution in [0.2, 0.25) is 0 Å². The van der Waals surface area contributed by atoms with Gasteiger partial charge in [-0.3, -0.25) is 4.79 Å². The SMILES string of the molecule is CCCCCNC(=O)C(C)NC1CCCCC1O. The van der Waals surface area contributed by atoms with E-state index in [0.717, 1.165) is 51.5 Å². The van der Waals surface area contributed by atoms with Gasteiger partial charge in [0, 0.05) is 12.6 Å². The number of amides is 1. The lowest BCUT2D eigenvalue weighted by Crippen LogP contribution is -2.51. The quantitative estimate of drug-likeness (QED) is 0.606. The van der Waals surface area contributed by atoms with Gasteiger partial charge in [0.05, 0.1) is 12.1 Å². The highest BCUT2D eigenvalue weighted by Gasteiger charge is 2.25. The molecular formula is C14H28N2O2. The Morgan fingerprint density at radius 2 is 2.06 bits per heavy atom. The van der Waals surface area contributed by atoms with Crippen LogP contribution in [0.5, 0.6) is 0 Å². The molecule has 0 aliphatic heterocycles. The largest absolute Gasteiger partial charge is 0.392 e. The van der Waals surface area contributed by atoms with Gasteiger partial charge in [-0.15, -0.1) is 0 Å². The molecule has 4 nitrogen and oxygen atoms in total. The van der Waals surface area contributed by atoms with Gasteiger partial charge in [-0.05, 0) is 26.2 Å². The maximum Gasteiger partial charge on any atom is 0.236 e. The highest BCUT2D eigenvalue weighted by Crippen LogP contribution is 2.18. The van der Waals surface area contributed by atoms with Crippen LogP contribution in [0, 0.1) is 0 Å². The summed E-state index contributed by atoms with van der Waals surface area (Å²) in [6.45, 7) is 4.78. The number of nitrogens with one attached hydrogen (secondary N) is 2. The number of hydrogen-bond acceptors (Lipinski definition) is 3. The van der Waals surface area contributed by atoms with Gasteiger partial charge in [-0.25, -0.2) is 0 Å². The fourth-order valence-electron chi connectivity index (χ4n) is 2.44. The Morgan fingerprint density at radius 3 is 2.72 bits per heavy atom. The second-order valence-corrected chi connectivity index (χ2v) is 5.34. The van der Waals surface area contributed by atoms with E-state index in [4.69, 9.17) is 0 Å². The molecule has 0 heterocycles. The monoisotopic (exact) mass is 256 g/mol.